The molecule has 0 unspecified atom stereocenters. The van der Waals surface area contributed by atoms with Gasteiger partial charge in [-0.1, -0.05) is 13.3 Å². The lowest BCUT2D eigenvalue weighted by molar-refractivity contribution is -0.115. The number of carbonyl (C=O) groups excluding carboxylic acids is 1. The summed E-state index contributed by atoms with van der Waals surface area (Å²) in [5, 5.41) is 5.61. The molecule has 1 aromatic rings. The third kappa shape index (κ3) is 6.12. The first-order chi connectivity index (χ1) is 9.21. The number of anilines is 1. The molecule has 0 spiro atoms. The third-order valence-corrected chi connectivity index (χ3v) is 2.55. The van der Waals surface area contributed by atoms with Crippen molar-refractivity contribution in [2.75, 3.05) is 32.6 Å². The van der Waals surface area contributed by atoms with Crippen molar-refractivity contribution in [3.8, 4) is 11.5 Å². The molecule has 0 bridgehead atoms. The van der Waals surface area contributed by atoms with Gasteiger partial charge >= 0.3 is 0 Å². The normalized spacial score (nSPS) is 9.55. The number of amides is 1. The molecule has 114 valence electrons. The van der Waals surface area contributed by atoms with E-state index in [1.807, 2.05) is 12.1 Å². The highest BCUT2D eigenvalue weighted by molar-refractivity contribution is 5.93. The molecule has 20 heavy (non-hydrogen) atoms. The number of ether oxygens (including phenoxy) is 2. The minimum absolute atomic E-state index is 0. The fraction of sp³-hybridized carbons (Fsp3) is 0.500. The van der Waals surface area contributed by atoms with Crippen LogP contribution in [0.5, 0.6) is 11.5 Å². The Bertz CT molecular complexity index is 413. The molecule has 0 aliphatic carbocycles. The molecule has 0 heterocycles. The summed E-state index contributed by atoms with van der Waals surface area (Å²) in [6.07, 6.45) is 2.05. The second-order valence-corrected chi connectivity index (χ2v) is 4.14. The SMILES string of the molecule is CCCCOc1ccc(OC)cc1NC(=O)CNC.Cl. The van der Waals surface area contributed by atoms with Gasteiger partial charge in [0.15, 0.2) is 0 Å². The average Bonchev–Trinajstić information content (AvgIpc) is 2.40. The molecule has 0 aliphatic heterocycles. The van der Waals surface area contributed by atoms with Crippen molar-refractivity contribution in [1.82, 2.24) is 5.32 Å². The highest BCUT2D eigenvalue weighted by Gasteiger charge is 2.09. The lowest BCUT2D eigenvalue weighted by atomic mass is 10.2. The van der Waals surface area contributed by atoms with Crippen molar-refractivity contribution in [2.24, 2.45) is 0 Å². The van der Waals surface area contributed by atoms with Gasteiger partial charge in [-0.25, -0.2) is 0 Å². The van der Waals surface area contributed by atoms with Crippen LogP contribution in [0, 0.1) is 0 Å². The summed E-state index contributed by atoms with van der Waals surface area (Å²) in [4.78, 5) is 11.6. The van der Waals surface area contributed by atoms with Crippen molar-refractivity contribution in [3.63, 3.8) is 0 Å². The molecular weight excluding hydrogens is 280 g/mol. The average molecular weight is 303 g/mol. The molecule has 1 rings (SSSR count). The fourth-order valence-corrected chi connectivity index (χ4v) is 1.54. The summed E-state index contributed by atoms with van der Waals surface area (Å²) >= 11 is 0. The van der Waals surface area contributed by atoms with Gasteiger partial charge in [-0.3, -0.25) is 4.79 Å². The summed E-state index contributed by atoms with van der Waals surface area (Å²) in [5.41, 5.74) is 0.635. The smallest absolute Gasteiger partial charge is 0.238 e. The number of carbonyl (C=O) groups is 1. The van der Waals surface area contributed by atoms with E-state index in [9.17, 15) is 4.79 Å². The second kappa shape index (κ2) is 10.3. The minimum atomic E-state index is -0.115. The van der Waals surface area contributed by atoms with Crippen LogP contribution in [-0.4, -0.2) is 33.2 Å². The maximum Gasteiger partial charge on any atom is 0.238 e. The lowest BCUT2D eigenvalue weighted by Crippen LogP contribution is -2.25. The largest absolute Gasteiger partial charge is 0.497 e. The monoisotopic (exact) mass is 302 g/mol. The molecule has 0 saturated carbocycles. The number of methoxy groups -OCH3 is 1. The predicted octanol–water partition coefficient (Wildman–Crippen LogP) is 2.45. The first-order valence-electron chi connectivity index (χ1n) is 6.46. The van der Waals surface area contributed by atoms with E-state index in [0.29, 0.717) is 23.8 Å². The maximum atomic E-state index is 11.6. The molecule has 0 fully saturated rings. The lowest BCUT2D eigenvalue weighted by Gasteiger charge is -2.13. The summed E-state index contributed by atoms with van der Waals surface area (Å²) in [6, 6.07) is 5.38. The Morgan fingerprint density at radius 1 is 1.35 bits per heavy atom. The van der Waals surface area contributed by atoms with Crippen molar-refractivity contribution < 1.29 is 14.3 Å². The van der Waals surface area contributed by atoms with E-state index in [2.05, 4.69) is 17.6 Å². The van der Waals surface area contributed by atoms with Gasteiger partial charge in [-0.2, -0.15) is 0 Å². The second-order valence-electron chi connectivity index (χ2n) is 4.14. The van der Waals surface area contributed by atoms with Crippen LogP contribution in [0.15, 0.2) is 18.2 Å². The molecule has 0 aromatic heterocycles. The maximum absolute atomic E-state index is 11.6. The van der Waals surface area contributed by atoms with Crippen LogP contribution in [0.4, 0.5) is 5.69 Å². The van der Waals surface area contributed by atoms with Crippen LogP contribution in [0.2, 0.25) is 0 Å². The first-order valence-corrected chi connectivity index (χ1v) is 6.46. The standard InChI is InChI=1S/C14H22N2O3.ClH/c1-4-5-8-19-13-7-6-11(18-3)9-12(13)16-14(17)10-15-2;/h6-7,9,15H,4-5,8,10H2,1-3H3,(H,16,17);1H. The van der Waals surface area contributed by atoms with Crippen molar-refractivity contribution in [1.29, 1.82) is 0 Å². The zero-order valence-corrected chi connectivity index (χ0v) is 13.0. The first kappa shape index (κ1) is 18.5. The van der Waals surface area contributed by atoms with E-state index < -0.39 is 0 Å². The molecule has 0 aliphatic rings. The van der Waals surface area contributed by atoms with Gasteiger partial charge < -0.3 is 20.1 Å². The molecular formula is C14H23ClN2O3. The van der Waals surface area contributed by atoms with Crippen LogP contribution in [0.1, 0.15) is 19.8 Å². The van der Waals surface area contributed by atoms with Gasteiger partial charge in [0.2, 0.25) is 5.91 Å². The van der Waals surface area contributed by atoms with E-state index in [1.165, 1.54) is 0 Å². The predicted molar refractivity (Wildman–Crippen MR) is 83.2 cm³/mol. The highest BCUT2D eigenvalue weighted by Crippen LogP contribution is 2.29. The van der Waals surface area contributed by atoms with Crippen LogP contribution >= 0.6 is 12.4 Å². The van der Waals surface area contributed by atoms with E-state index >= 15 is 0 Å². The summed E-state index contributed by atoms with van der Waals surface area (Å²) < 4.78 is 10.8. The Morgan fingerprint density at radius 2 is 2.10 bits per heavy atom. The zero-order chi connectivity index (χ0) is 14.1. The van der Waals surface area contributed by atoms with Gasteiger partial charge in [0, 0.05) is 6.07 Å². The molecule has 6 heteroatoms. The number of rotatable bonds is 8. The molecule has 2 N–H and O–H groups in total. The molecule has 1 aromatic carbocycles. The van der Waals surface area contributed by atoms with E-state index in [-0.39, 0.29) is 24.9 Å². The number of unbranched alkanes of at least 4 members (excludes halogenated alkanes) is 1. The number of nitrogens with one attached hydrogen (secondary N) is 2. The topological polar surface area (TPSA) is 59.6 Å². The number of halogens is 1. The van der Waals surface area contributed by atoms with Crippen LogP contribution in [0.25, 0.3) is 0 Å². The number of hydrogen-bond acceptors (Lipinski definition) is 4. The van der Waals surface area contributed by atoms with Crippen LogP contribution in [0.3, 0.4) is 0 Å². The van der Waals surface area contributed by atoms with E-state index in [4.69, 9.17) is 9.47 Å². The van der Waals surface area contributed by atoms with E-state index in [1.54, 1.807) is 20.2 Å². The number of benzene rings is 1. The van der Waals surface area contributed by atoms with Crippen LogP contribution < -0.4 is 20.1 Å². The van der Waals surface area contributed by atoms with Crippen molar-refractivity contribution in [3.05, 3.63) is 18.2 Å². The molecule has 5 nitrogen and oxygen atoms in total. The van der Waals surface area contributed by atoms with Gasteiger partial charge in [-0.15, -0.1) is 12.4 Å². The Balaban J connectivity index is 0.00000361. The summed E-state index contributed by atoms with van der Waals surface area (Å²) in [6.45, 7) is 3.00. The zero-order valence-electron chi connectivity index (χ0n) is 12.2. The molecule has 0 saturated heterocycles. The summed E-state index contributed by atoms with van der Waals surface area (Å²) in [5.74, 6) is 1.23. The molecule has 0 radical (unpaired) electrons. The number of likely N-dealkylation sites (N-methyl/N-ethyl adjacent to an activating group) is 1. The van der Waals surface area contributed by atoms with Gasteiger partial charge in [0.1, 0.15) is 11.5 Å². The third-order valence-electron chi connectivity index (χ3n) is 2.55. The fourth-order valence-electron chi connectivity index (χ4n) is 1.54. The Labute approximate surface area is 126 Å². The quantitative estimate of drug-likeness (QED) is 0.724. The van der Waals surface area contributed by atoms with E-state index in [0.717, 1.165) is 12.8 Å². The highest BCUT2D eigenvalue weighted by atomic mass is 35.5. The van der Waals surface area contributed by atoms with Crippen molar-refractivity contribution in [2.45, 2.75) is 19.8 Å². The molecule has 0 atom stereocenters. The van der Waals surface area contributed by atoms with Gasteiger partial charge in [-0.05, 0) is 25.6 Å². The van der Waals surface area contributed by atoms with Gasteiger partial charge in [0.05, 0.1) is 25.9 Å². The molecule has 1 amide bonds. The van der Waals surface area contributed by atoms with Crippen molar-refractivity contribution >= 4 is 24.0 Å². The van der Waals surface area contributed by atoms with Crippen LogP contribution in [-0.2, 0) is 4.79 Å². The van der Waals surface area contributed by atoms with Gasteiger partial charge in [0.25, 0.3) is 0 Å². The summed E-state index contributed by atoms with van der Waals surface area (Å²) in [7, 11) is 3.32. The Morgan fingerprint density at radius 3 is 2.70 bits per heavy atom. The Kier molecular flexibility index (Phi) is 9.59. The Hall–Kier alpha value is -1.46. The minimum Gasteiger partial charge on any atom is -0.497 e. The number of hydrogen-bond donors (Lipinski definition) is 2.